The Balaban J connectivity index is 3.11. The van der Waals surface area contributed by atoms with Crippen LogP contribution in [0.2, 0.25) is 0 Å². The summed E-state index contributed by atoms with van der Waals surface area (Å²) in [5.41, 5.74) is -0.524. The van der Waals surface area contributed by atoms with Crippen LogP contribution in [0.15, 0.2) is 30.3 Å². The molecule has 2 N–H and O–H groups in total. The highest BCUT2D eigenvalue weighted by molar-refractivity contribution is 7.73. The van der Waals surface area contributed by atoms with E-state index < -0.39 is 20.5 Å². The quantitative estimate of drug-likeness (QED) is 0.710. The smallest absolute Gasteiger partial charge is 0.343 e. The van der Waals surface area contributed by atoms with Gasteiger partial charge in [-0.1, -0.05) is 37.3 Å². The molecule has 0 saturated carbocycles. The van der Waals surface area contributed by atoms with E-state index in [1.165, 1.54) is 4.90 Å². The van der Waals surface area contributed by atoms with Gasteiger partial charge in [-0.15, -0.1) is 0 Å². The van der Waals surface area contributed by atoms with Gasteiger partial charge in [-0.3, -0.25) is 14.0 Å². The van der Waals surface area contributed by atoms with Gasteiger partial charge in [-0.05, 0) is 19.0 Å². The Bertz CT molecular complexity index is 531. The number of nitrogens with zero attached hydrogens (tertiary/aromatic N) is 1. The Morgan fingerprint density at radius 2 is 1.76 bits per heavy atom. The molecule has 0 aromatic heterocycles. The average molecular weight is 335 g/mol. The van der Waals surface area contributed by atoms with Crippen LogP contribution in [0.4, 0.5) is 0 Å². The second-order valence-electron chi connectivity index (χ2n) is 4.82. The third-order valence-electron chi connectivity index (χ3n) is 3.00. The molecule has 0 heterocycles. The second kappa shape index (κ2) is 7.68. The molecule has 1 rings (SSSR count). The Morgan fingerprint density at radius 3 is 2.19 bits per heavy atom. The maximum atomic E-state index is 12.3. The van der Waals surface area contributed by atoms with Crippen molar-refractivity contribution >= 4 is 15.0 Å². The molecule has 0 amide bonds. The first-order chi connectivity index (χ1) is 9.72. The third kappa shape index (κ3) is 5.33. The topological polar surface area (TPSA) is 87.1 Å². The van der Waals surface area contributed by atoms with E-state index in [4.69, 9.17) is 4.52 Å². The molecule has 0 spiro atoms. The van der Waals surface area contributed by atoms with Gasteiger partial charge in [0.05, 0.1) is 6.61 Å². The van der Waals surface area contributed by atoms with E-state index in [9.17, 15) is 18.9 Å². The molecule has 1 aromatic rings. The first-order valence-corrected chi connectivity index (χ1v) is 10.6. The normalized spacial score (nSPS) is 19.0. The van der Waals surface area contributed by atoms with Gasteiger partial charge in [0.25, 0.3) is 0 Å². The van der Waals surface area contributed by atoms with Crippen LogP contribution in [-0.4, -0.2) is 40.0 Å². The molecule has 0 saturated heterocycles. The van der Waals surface area contributed by atoms with Crippen LogP contribution in [0.3, 0.4) is 0 Å². The molecule has 0 aliphatic carbocycles. The summed E-state index contributed by atoms with van der Waals surface area (Å²) in [5.74, 6) is 0. The molecule has 1 aromatic carbocycles. The Hall–Kier alpha value is -0.480. The zero-order chi connectivity index (χ0) is 16.1. The summed E-state index contributed by atoms with van der Waals surface area (Å²) in [6, 6.07) is 9.29. The van der Waals surface area contributed by atoms with Gasteiger partial charge in [0.1, 0.15) is 0 Å². The second-order valence-corrected chi connectivity index (χ2v) is 9.48. The summed E-state index contributed by atoms with van der Waals surface area (Å²) in [6.07, 6.45) is 0. The van der Waals surface area contributed by atoms with Crippen molar-refractivity contribution in [3.63, 3.8) is 0 Å². The molecule has 0 radical (unpaired) electrons. The number of benzene rings is 1. The maximum absolute atomic E-state index is 12.3. The zero-order valence-corrected chi connectivity index (χ0v) is 14.3. The van der Waals surface area contributed by atoms with Crippen LogP contribution in [0.5, 0.6) is 0 Å². The summed E-state index contributed by atoms with van der Waals surface area (Å²) < 4.78 is 29.3. The first-order valence-electron chi connectivity index (χ1n) is 6.77. The SMILES string of the molecule is CCOP(=O)(O)C(N(CC)Cc1ccccc1)P(C)(=O)O. The summed E-state index contributed by atoms with van der Waals surface area (Å²) in [5, 5.41) is 0. The number of hydrogen-bond donors (Lipinski definition) is 2. The summed E-state index contributed by atoms with van der Waals surface area (Å²) in [6.45, 7) is 5.11. The molecule has 6 nitrogen and oxygen atoms in total. The third-order valence-corrected chi connectivity index (χ3v) is 7.88. The predicted octanol–water partition coefficient (Wildman–Crippen LogP) is 2.91. The Labute approximate surface area is 125 Å². The monoisotopic (exact) mass is 335 g/mol. The minimum absolute atomic E-state index is 0.00711. The molecule has 8 heteroatoms. The van der Waals surface area contributed by atoms with E-state index in [-0.39, 0.29) is 6.61 Å². The fourth-order valence-corrected chi connectivity index (χ4v) is 6.58. The molecule has 0 fully saturated rings. The lowest BCUT2D eigenvalue weighted by Gasteiger charge is -2.34. The molecule has 0 aliphatic rings. The molecule has 3 atom stereocenters. The van der Waals surface area contributed by atoms with Gasteiger partial charge in [-0.2, -0.15) is 0 Å². The van der Waals surface area contributed by atoms with Crippen molar-refractivity contribution in [3.8, 4) is 0 Å². The largest absolute Gasteiger partial charge is 0.354 e. The minimum atomic E-state index is -4.22. The van der Waals surface area contributed by atoms with Gasteiger partial charge in [0.15, 0.2) is 5.52 Å². The highest BCUT2D eigenvalue weighted by Gasteiger charge is 2.46. The van der Waals surface area contributed by atoms with Crippen LogP contribution in [0.25, 0.3) is 0 Å². The van der Waals surface area contributed by atoms with Gasteiger partial charge in [-0.25, -0.2) is 0 Å². The van der Waals surface area contributed by atoms with E-state index in [1.807, 2.05) is 30.3 Å². The van der Waals surface area contributed by atoms with Crippen LogP contribution in [0, 0.1) is 0 Å². The molecule has 21 heavy (non-hydrogen) atoms. The standard InChI is InChI=1S/C13H23NO5P2/c1-4-14(11-12-9-7-6-8-10-12)13(20(3,15)16)21(17,18)19-5-2/h6-10,13H,4-5,11H2,1-3H3,(H,15,16)(H,17,18). The highest BCUT2D eigenvalue weighted by atomic mass is 31.2. The fourth-order valence-electron chi connectivity index (χ4n) is 2.21. The molecular formula is C13H23NO5P2. The average Bonchev–Trinajstić information content (AvgIpc) is 2.37. The lowest BCUT2D eigenvalue weighted by atomic mass is 10.2. The molecule has 120 valence electrons. The highest BCUT2D eigenvalue weighted by Crippen LogP contribution is 2.64. The van der Waals surface area contributed by atoms with Crippen molar-refractivity contribution in [2.75, 3.05) is 19.8 Å². The molecular weight excluding hydrogens is 312 g/mol. The Kier molecular flexibility index (Phi) is 6.79. The Morgan fingerprint density at radius 1 is 1.19 bits per heavy atom. The maximum Gasteiger partial charge on any atom is 0.354 e. The summed E-state index contributed by atoms with van der Waals surface area (Å²) in [7, 11) is -8.07. The van der Waals surface area contributed by atoms with Gasteiger partial charge in [0.2, 0.25) is 7.37 Å². The summed E-state index contributed by atoms with van der Waals surface area (Å²) >= 11 is 0. The molecule has 0 aliphatic heterocycles. The van der Waals surface area contributed by atoms with Crippen molar-refractivity contribution < 1.29 is 23.4 Å². The van der Waals surface area contributed by atoms with Crippen molar-refractivity contribution in [3.05, 3.63) is 35.9 Å². The van der Waals surface area contributed by atoms with Crippen LogP contribution in [0.1, 0.15) is 19.4 Å². The lowest BCUT2D eigenvalue weighted by molar-refractivity contribution is 0.214. The van der Waals surface area contributed by atoms with E-state index in [1.54, 1.807) is 13.8 Å². The van der Waals surface area contributed by atoms with Crippen LogP contribution >= 0.6 is 15.0 Å². The zero-order valence-electron chi connectivity index (χ0n) is 12.5. The van der Waals surface area contributed by atoms with Crippen LogP contribution in [-0.2, 0) is 20.2 Å². The lowest BCUT2D eigenvalue weighted by Crippen LogP contribution is -2.35. The minimum Gasteiger partial charge on any atom is -0.343 e. The van der Waals surface area contributed by atoms with Gasteiger partial charge in [0, 0.05) is 13.2 Å². The van der Waals surface area contributed by atoms with Crippen molar-refractivity contribution in [2.24, 2.45) is 0 Å². The van der Waals surface area contributed by atoms with E-state index >= 15 is 0 Å². The van der Waals surface area contributed by atoms with Gasteiger partial charge < -0.3 is 14.3 Å². The predicted molar refractivity (Wildman–Crippen MR) is 83.5 cm³/mol. The molecule has 0 bridgehead atoms. The number of hydrogen-bond acceptors (Lipinski definition) is 4. The van der Waals surface area contributed by atoms with E-state index in [0.29, 0.717) is 13.1 Å². The first kappa shape index (κ1) is 18.6. The summed E-state index contributed by atoms with van der Waals surface area (Å²) in [4.78, 5) is 21.5. The van der Waals surface area contributed by atoms with Crippen LogP contribution < -0.4 is 0 Å². The van der Waals surface area contributed by atoms with E-state index in [2.05, 4.69) is 0 Å². The van der Waals surface area contributed by atoms with Gasteiger partial charge >= 0.3 is 7.60 Å². The van der Waals surface area contributed by atoms with Crippen molar-refractivity contribution in [1.82, 2.24) is 4.90 Å². The number of rotatable bonds is 8. The van der Waals surface area contributed by atoms with Crippen molar-refractivity contribution in [1.29, 1.82) is 0 Å². The van der Waals surface area contributed by atoms with Crippen molar-refractivity contribution in [2.45, 2.75) is 25.9 Å². The molecule has 3 unspecified atom stereocenters. The van der Waals surface area contributed by atoms with E-state index in [0.717, 1.165) is 12.2 Å². The fraction of sp³-hybridized carbons (Fsp3) is 0.538.